The van der Waals surface area contributed by atoms with Crippen molar-refractivity contribution >= 4 is 28.3 Å². The maximum absolute atomic E-state index is 13.3. The van der Waals surface area contributed by atoms with E-state index in [0.717, 1.165) is 29.6 Å². The van der Waals surface area contributed by atoms with Gasteiger partial charge in [-0.15, -0.1) is 0 Å². The number of para-hydroxylation sites is 1. The number of rotatable bonds is 7. The van der Waals surface area contributed by atoms with Crippen LogP contribution in [-0.2, 0) is 0 Å². The van der Waals surface area contributed by atoms with Gasteiger partial charge in [-0.1, -0.05) is 41.9 Å². The van der Waals surface area contributed by atoms with Crippen LogP contribution in [0.4, 0.5) is 0 Å². The Morgan fingerprint density at radius 2 is 1.77 bits per heavy atom. The normalized spacial score (nSPS) is 17.8. The lowest BCUT2D eigenvalue weighted by molar-refractivity contribution is 0.0168. The molecule has 0 bridgehead atoms. The number of fused-ring (bicyclic) bond motifs is 1. The number of Topliss-reactive ketones (excluding diaryl/α,β-unsaturated/α-hetero) is 1. The molecule has 4 rings (SSSR count). The predicted molar refractivity (Wildman–Crippen MR) is 118 cm³/mol. The van der Waals surface area contributed by atoms with Gasteiger partial charge in [0.25, 0.3) is 0 Å². The Kier molecular flexibility index (Phi) is 6.51. The van der Waals surface area contributed by atoms with Crippen LogP contribution in [0.1, 0.15) is 22.0 Å². The number of nitrogens with zero attached hydrogens (tertiary/aromatic N) is 2. The van der Waals surface area contributed by atoms with E-state index in [-0.39, 0.29) is 12.4 Å². The summed E-state index contributed by atoms with van der Waals surface area (Å²) in [7, 11) is 0. The highest BCUT2D eigenvalue weighted by molar-refractivity contribution is 6.30. The van der Waals surface area contributed by atoms with Crippen molar-refractivity contribution in [3.8, 4) is 0 Å². The van der Waals surface area contributed by atoms with Gasteiger partial charge in [0.15, 0.2) is 5.78 Å². The van der Waals surface area contributed by atoms with Gasteiger partial charge >= 0.3 is 0 Å². The number of benzene rings is 2. The molecule has 2 aromatic carbocycles. The van der Waals surface area contributed by atoms with Crippen LogP contribution in [0.2, 0.25) is 5.02 Å². The first kappa shape index (κ1) is 21.0. The summed E-state index contributed by atoms with van der Waals surface area (Å²) >= 11 is 6.07. The standard InChI is InChI=1S/C23H26ClN3O3/c24-17-7-5-16(6-8-17)21(27-11-9-26(10-12-27)13-14-28)23(30)22(29)19-15-25-20-4-2-1-3-18(19)20/h1-8,15,21,23,25,28,30H,9-14H2/t21-,23-/m0/s1. The highest BCUT2D eigenvalue weighted by atomic mass is 35.5. The second kappa shape index (κ2) is 9.29. The second-order valence-electron chi connectivity index (χ2n) is 7.65. The molecule has 6 nitrogen and oxygen atoms in total. The molecule has 1 saturated heterocycles. The van der Waals surface area contributed by atoms with Crippen molar-refractivity contribution in [2.75, 3.05) is 39.3 Å². The Bertz CT molecular complexity index is 996. The van der Waals surface area contributed by atoms with Crippen LogP contribution in [0, 0.1) is 0 Å². The molecule has 30 heavy (non-hydrogen) atoms. The predicted octanol–water partition coefficient (Wildman–Crippen LogP) is 2.72. The van der Waals surface area contributed by atoms with Crippen molar-refractivity contribution in [1.29, 1.82) is 0 Å². The van der Waals surface area contributed by atoms with Crippen molar-refractivity contribution < 1.29 is 15.0 Å². The minimum Gasteiger partial charge on any atom is -0.395 e. The fourth-order valence-electron chi connectivity index (χ4n) is 4.24. The lowest BCUT2D eigenvalue weighted by atomic mass is 9.93. The minimum absolute atomic E-state index is 0.127. The molecule has 0 aliphatic carbocycles. The molecule has 0 unspecified atom stereocenters. The van der Waals surface area contributed by atoms with Crippen molar-refractivity contribution in [3.05, 3.63) is 70.9 Å². The van der Waals surface area contributed by atoms with Crippen LogP contribution in [-0.4, -0.2) is 76.2 Å². The first-order valence-corrected chi connectivity index (χ1v) is 10.6. The molecule has 1 aliphatic heterocycles. The molecule has 1 fully saturated rings. The number of aliphatic hydroxyl groups excluding tert-OH is 2. The zero-order chi connectivity index (χ0) is 21.1. The van der Waals surface area contributed by atoms with Crippen LogP contribution < -0.4 is 0 Å². The molecule has 0 saturated carbocycles. The number of carbonyl (C=O) groups is 1. The van der Waals surface area contributed by atoms with Crippen LogP contribution >= 0.6 is 11.6 Å². The first-order valence-electron chi connectivity index (χ1n) is 10.2. The number of aromatic nitrogens is 1. The number of hydrogen-bond donors (Lipinski definition) is 3. The number of nitrogens with one attached hydrogen (secondary N) is 1. The van der Waals surface area contributed by atoms with Gasteiger partial charge in [0.2, 0.25) is 0 Å². The van der Waals surface area contributed by atoms with E-state index in [1.54, 1.807) is 18.3 Å². The summed E-state index contributed by atoms with van der Waals surface area (Å²) in [4.78, 5) is 20.8. The van der Waals surface area contributed by atoms with Gasteiger partial charge in [-0.05, 0) is 23.8 Å². The molecular formula is C23H26ClN3O3. The van der Waals surface area contributed by atoms with E-state index in [1.165, 1.54) is 0 Å². The Hall–Kier alpha value is -2.22. The molecular weight excluding hydrogens is 402 g/mol. The number of aliphatic hydroxyl groups is 2. The molecule has 3 N–H and O–H groups in total. The SMILES string of the molecule is O=C(c1c[nH]c2ccccc12)[C@@H](O)[C@H](c1ccc(Cl)cc1)N1CCN(CCO)CC1. The number of halogens is 1. The lowest BCUT2D eigenvalue weighted by Crippen LogP contribution is -2.51. The van der Waals surface area contributed by atoms with E-state index < -0.39 is 12.1 Å². The number of ketones is 1. The monoisotopic (exact) mass is 427 g/mol. The number of carbonyl (C=O) groups excluding carboxylic acids is 1. The summed E-state index contributed by atoms with van der Waals surface area (Å²) in [6.07, 6.45) is 0.462. The molecule has 0 spiro atoms. The summed E-state index contributed by atoms with van der Waals surface area (Å²) in [5, 5.41) is 21.9. The molecule has 2 atom stereocenters. The zero-order valence-electron chi connectivity index (χ0n) is 16.7. The fraction of sp³-hybridized carbons (Fsp3) is 0.348. The maximum atomic E-state index is 13.3. The molecule has 7 heteroatoms. The summed E-state index contributed by atoms with van der Waals surface area (Å²) in [5.41, 5.74) is 2.22. The van der Waals surface area contributed by atoms with Gasteiger partial charge < -0.3 is 15.2 Å². The largest absolute Gasteiger partial charge is 0.395 e. The highest BCUT2D eigenvalue weighted by Crippen LogP contribution is 2.30. The first-order chi connectivity index (χ1) is 14.6. The molecule has 0 amide bonds. The van der Waals surface area contributed by atoms with E-state index in [4.69, 9.17) is 11.6 Å². The smallest absolute Gasteiger partial charge is 0.195 e. The van der Waals surface area contributed by atoms with Gasteiger partial charge in [0, 0.05) is 60.4 Å². The Balaban J connectivity index is 1.63. The number of hydrogen-bond acceptors (Lipinski definition) is 5. The van der Waals surface area contributed by atoms with E-state index in [2.05, 4.69) is 14.8 Å². The third kappa shape index (κ3) is 4.29. The molecule has 158 valence electrons. The van der Waals surface area contributed by atoms with Gasteiger partial charge in [0.1, 0.15) is 6.10 Å². The molecule has 0 radical (unpaired) electrons. The highest BCUT2D eigenvalue weighted by Gasteiger charge is 2.35. The Morgan fingerprint density at radius 1 is 1.07 bits per heavy atom. The topological polar surface area (TPSA) is 79.8 Å². The fourth-order valence-corrected chi connectivity index (χ4v) is 4.36. The summed E-state index contributed by atoms with van der Waals surface area (Å²) in [6, 6.07) is 14.4. The van der Waals surface area contributed by atoms with Crippen molar-refractivity contribution in [2.24, 2.45) is 0 Å². The van der Waals surface area contributed by atoms with Crippen LogP contribution in [0.5, 0.6) is 0 Å². The summed E-state index contributed by atoms with van der Waals surface area (Å²) < 4.78 is 0. The summed E-state index contributed by atoms with van der Waals surface area (Å²) in [5.74, 6) is -0.301. The van der Waals surface area contributed by atoms with Crippen molar-refractivity contribution in [2.45, 2.75) is 12.1 Å². The number of H-pyrrole nitrogens is 1. The minimum atomic E-state index is -1.21. The van der Waals surface area contributed by atoms with Gasteiger partial charge in [0.05, 0.1) is 12.6 Å². The lowest BCUT2D eigenvalue weighted by Gasteiger charge is -2.40. The molecule has 1 aliphatic rings. The zero-order valence-corrected chi connectivity index (χ0v) is 17.4. The van der Waals surface area contributed by atoms with Gasteiger partial charge in [-0.25, -0.2) is 0 Å². The second-order valence-corrected chi connectivity index (χ2v) is 8.09. The summed E-state index contributed by atoms with van der Waals surface area (Å²) in [6.45, 7) is 3.72. The van der Waals surface area contributed by atoms with Crippen molar-refractivity contribution in [1.82, 2.24) is 14.8 Å². The van der Waals surface area contributed by atoms with Crippen molar-refractivity contribution in [3.63, 3.8) is 0 Å². The van der Waals surface area contributed by atoms with Gasteiger partial charge in [-0.2, -0.15) is 0 Å². The van der Waals surface area contributed by atoms with E-state index in [0.29, 0.717) is 30.2 Å². The van der Waals surface area contributed by atoms with E-state index >= 15 is 0 Å². The average molecular weight is 428 g/mol. The van der Waals surface area contributed by atoms with Crippen LogP contribution in [0.3, 0.4) is 0 Å². The molecule has 1 aromatic heterocycles. The Morgan fingerprint density at radius 3 is 2.47 bits per heavy atom. The number of β-amino-alcohol motifs (C(OH)–C–C–N with tert-alkyl or cyclic N) is 1. The number of piperazine rings is 1. The third-order valence-electron chi connectivity index (χ3n) is 5.85. The molecule has 2 heterocycles. The quantitative estimate of drug-likeness (QED) is 0.505. The van der Waals surface area contributed by atoms with E-state index in [9.17, 15) is 15.0 Å². The molecule has 3 aromatic rings. The Labute approximate surface area is 180 Å². The average Bonchev–Trinajstić information content (AvgIpc) is 3.20. The number of aromatic amines is 1. The van der Waals surface area contributed by atoms with Crippen LogP contribution in [0.25, 0.3) is 10.9 Å². The van der Waals surface area contributed by atoms with E-state index in [1.807, 2.05) is 36.4 Å². The van der Waals surface area contributed by atoms with Gasteiger partial charge in [-0.3, -0.25) is 14.6 Å². The third-order valence-corrected chi connectivity index (χ3v) is 6.10. The maximum Gasteiger partial charge on any atom is 0.195 e. The van der Waals surface area contributed by atoms with Crippen LogP contribution in [0.15, 0.2) is 54.7 Å².